The van der Waals surface area contributed by atoms with E-state index in [1.807, 2.05) is 29.6 Å². The van der Waals surface area contributed by atoms with Crippen molar-refractivity contribution >= 4 is 28.8 Å². The minimum atomic E-state index is -1.04. The van der Waals surface area contributed by atoms with Crippen LogP contribution in [0, 0.1) is 12.8 Å². The minimum Gasteiger partial charge on any atom is -0.382 e. The van der Waals surface area contributed by atoms with E-state index in [0.717, 1.165) is 17.7 Å². The molecular weight excluding hydrogens is 384 g/mol. The molecule has 1 fully saturated rings. The fourth-order valence-electron chi connectivity index (χ4n) is 3.30. The number of benzene rings is 1. The number of carbonyl (C=O) groups is 1. The molecule has 7 heteroatoms. The Morgan fingerprint density at radius 3 is 2.81 bits per heavy atom. The summed E-state index contributed by atoms with van der Waals surface area (Å²) in [4.78, 5) is 13.8. The van der Waals surface area contributed by atoms with Gasteiger partial charge < -0.3 is 14.9 Å². The van der Waals surface area contributed by atoms with Gasteiger partial charge in [-0.3, -0.25) is 4.79 Å². The number of aliphatic hydroxyl groups is 1. The van der Waals surface area contributed by atoms with E-state index in [1.165, 1.54) is 11.3 Å². The van der Waals surface area contributed by atoms with Crippen LogP contribution in [0.2, 0.25) is 5.02 Å². The molecule has 0 aliphatic heterocycles. The zero-order valence-electron chi connectivity index (χ0n) is 14.7. The lowest BCUT2D eigenvalue weighted by Crippen LogP contribution is -2.42. The highest BCUT2D eigenvalue weighted by molar-refractivity contribution is 7.10. The van der Waals surface area contributed by atoms with Crippen molar-refractivity contribution < 1.29 is 14.4 Å². The molecule has 1 saturated carbocycles. The molecule has 1 aromatic carbocycles. The number of nitrogens with one attached hydrogen (secondary N) is 1. The topological polar surface area (TPSA) is 75.4 Å². The molecule has 1 atom stereocenters. The Bertz CT molecular complexity index is 966. The summed E-state index contributed by atoms with van der Waals surface area (Å²) in [5, 5.41) is 20.5. The van der Waals surface area contributed by atoms with Crippen LogP contribution >= 0.6 is 22.9 Å². The summed E-state index contributed by atoms with van der Waals surface area (Å²) in [6.45, 7) is 1.83. The lowest BCUT2D eigenvalue weighted by molar-refractivity contribution is 0.0169. The van der Waals surface area contributed by atoms with E-state index in [0.29, 0.717) is 27.6 Å². The highest BCUT2D eigenvalue weighted by Gasteiger charge is 2.46. The molecule has 0 bridgehead atoms. The number of halogens is 1. The van der Waals surface area contributed by atoms with Crippen LogP contribution in [0.25, 0.3) is 11.3 Å². The molecule has 3 aromatic rings. The maximum atomic E-state index is 12.9. The molecule has 2 aromatic heterocycles. The SMILES string of the molecule is Cc1onc(-c2ccccc2Cl)c1C(=O)NC[C@@](O)(c1cccs1)C1CC1. The molecule has 1 aliphatic rings. The third kappa shape index (κ3) is 3.40. The van der Waals surface area contributed by atoms with Gasteiger partial charge in [0.25, 0.3) is 5.91 Å². The van der Waals surface area contributed by atoms with Gasteiger partial charge in [-0.05, 0) is 43.2 Å². The van der Waals surface area contributed by atoms with E-state index < -0.39 is 5.60 Å². The first kappa shape index (κ1) is 18.2. The number of thiophene rings is 1. The molecule has 0 radical (unpaired) electrons. The first-order valence-electron chi connectivity index (χ1n) is 8.76. The average Bonchev–Trinajstić information content (AvgIpc) is 3.23. The van der Waals surface area contributed by atoms with E-state index in [2.05, 4.69) is 10.5 Å². The Morgan fingerprint density at radius 2 is 2.15 bits per heavy atom. The summed E-state index contributed by atoms with van der Waals surface area (Å²) >= 11 is 7.76. The van der Waals surface area contributed by atoms with E-state index in [1.54, 1.807) is 19.1 Å². The third-order valence-electron chi connectivity index (χ3n) is 4.94. The third-order valence-corrected chi connectivity index (χ3v) is 6.30. The second kappa shape index (κ2) is 7.11. The molecule has 1 amide bonds. The number of amides is 1. The van der Waals surface area contributed by atoms with Crippen molar-refractivity contribution in [2.24, 2.45) is 5.92 Å². The van der Waals surface area contributed by atoms with Crippen LogP contribution in [0.3, 0.4) is 0 Å². The van der Waals surface area contributed by atoms with Crippen molar-refractivity contribution in [3.8, 4) is 11.3 Å². The van der Waals surface area contributed by atoms with Gasteiger partial charge in [-0.25, -0.2) is 0 Å². The van der Waals surface area contributed by atoms with E-state index in [-0.39, 0.29) is 18.4 Å². The Hall–Kier alpha value is -2.15. The molecule has 0 saturated heterocycles. The summed E-state index contributed by atoms with van der Waals surface area (Å²) < 4.78 is 5.26. The van der Waals surface area contributed by atoms with Crippen molar-refractivity contribution in [2.45, 2.75) is 25.4 Å². The van der Waals surface area contributed by atoms with Crippen LogP contribution in [0.4, 0.5) is 0 Å². The highest BCUT2D eigenvalue weighted by atomic mass is 35.5. The summed E-state index contributed by atoms with van der Waals surface area (Å²) in [5.74, 6) is 0.246. The van der Waals surface area contributed by atoms with Gasteiger partial charge in [0.15, 0.2) is 0 Å². The van der Waals surface area contributed by atoms with E-state index in [9.17, 15) is 9.90 Å². The fraction of sp³-hybridized carbons (Fsp3) is 0.300. The number of hydrogen-bond acceptors (Lipinski definition) is 5. The normalized spacial score (nSPS) is 16.1. The quantitative estimate of drug-likeness (QED) is 0.641. The Labute approximate surface area is 166 Å². The Balaban J connectivity index is 1.59. The average molecular weight is 403 g/mol. The predicted octanol–water partition coefficient (Wildman–Crippen LogP) is 4.39. The molecule has 0 spiro atoms. The standard InChI is InChI=1S/C20H19ClN2O3S/c1-12-17(18(23-26-12)14-5-2-3-6-15(14)21)19(24)22-11-20(25,13-8-9-13)16-7-4-10-27-16/h2-7,10,13,25H,8-9,11H2,1H3,(H,22,24)/t20-/m0/s1. The van der Waals surface area contributed by atoms with E-state index in [4.69, 9.17) is 16.1 Å². The van der Waals surface area contributed by atoms with Gasteiger partial charge >= 0.3 is 0 Å². The largest absolute Gasteiger partial charge is 0.382 e. The van der Waals surface area contributed by atoms with Crippen molar-refractivity contribution in [3.05, 3.63) is 63.0 Å². The number of aromatic nitrogens is 1. The van der Waals surface area contributed by atoms with Gasteiger partial charge in [-0.1, -0.05) is 41.0 Å². The molecule has 140 valence electrons. The van der Waals surface area contributed by atoms with Crippen molar-refractivity contribution in [3.63, 3.8) is 0 Å². The van der Waals surface area contributed by atoms with Crippen LogP contribution < -0.4 is 5.32 Å². The van der Waals surface area contributed by atoms with Crippen molar-refractivity contribution in [1.82, 2.24) is 10.5 Å². The molecular formula is C20H19ClN2O3S. The number of nitrogens with zero attached hydrogens (tertiary/aromatic N) is 1. The number of carbonyl (C=O) groups excluding carboxylic acids is 1. The Kier molecular flexibility index (Phi) is 4.80. The molecule has 2 N–H and O–H groups in total. The fourth-order valence-corrected chi connectivity index (χ4v) is 4.43. The van der Waals surface area contributed by atoms with Gasteiger partial charge in [0.2, 0.25) is 0 Å². The smallest absolute Gasteiger partial charge is 0.257 e. The zero-order chi connectivity index (χ0) is 19.0. The first-order chi connectivity index (χ1) is 13.0. The van der Waals surface area contributed by atoms with Crippen LogP contribution in [0.15, 0.2) is 46.3 Å². The van der Waals surface area contributed by atoms with Crippen LogP contribution in [-0.4, -0.2) is 22.7 Å². The maximum absolute atomic E-state index is 12.9. The summed E-state index contributed by atoms with van der Waals surface area (Å²) in [5.41, 5.74) is 0.338. The number of aryl methyl sites for hydroxylation is 1. The lowest BCUT2D eigenvalue weighted by Gasteiger charge is -2.27. The lowest BCUT2D eigenvalue weighted by atomic mass is 9.95. The number of rotatable bonds is 6. The second-order valence-electron chi connectivity index (χ2n) is 6.80. The minimum absolute atomic E-state index is 0.142. The van der Waals surface area contributed by atoms with Gasteiger partial charge in [0.1, 0.15) is 22.6 Å². The van der Waals surface area contributed by atoms with Gasteiger partial charge in [-0.15, -0.1) is 11.3 Å². The second-order valence-corrected chi connectivity index (χ2v) is 8.16. The van der Waals surface area contributed by atoms with Crippen LogP contribution in [0.1, 0.15) is 33.8 Å². The van der Waals surface area contributed by atoms with E-state index >= 15 is 0 Å². The highest BCUT2D eigenvalue weighted by Crippen LogP contribution is 2.46. The molecule has 1 aliphatic carbocycles. The van der Waals surface area contributed by atoms with Gasteiger partial charge in [0.05, 0.1) is 11.6 Å². The zero-order valence-corrected chi connectivity index (χ0v) is 16.3. The van der Waals surface area contributed by atoms with Crippen molar-refractivity contribution in [1.29, 1.82) is 0 Å². The van der Waals surface area contributed by atoms with Gasteiger partial charge in [0, 0.05) is 10.4 Å². The molecule has 27 heavy (non-hydrogen) atoms. The molecule has 5 nitrogen and oxygen atoms in total. The monoisotopic (exact) mass is 402 g/mol. The maximum Gasteiger partial charge on any atom is 0.257 e. The molecule has 4 rings (SSSR count). The Morgan fingerprint density at radius 1 is 1.37 bits per heavy atom. The van der Waals surface area contributed by atoms with Gasteiger partial charge in [-0.2, -0.15) is 0 Å². The first-order valence-corrected chi connectivity index (χ1v) is 10.0. The summed E-state index contributed by atoms with van der Waals surface area (Å²) in [7, 11) is 0. The summed E-state index contributed by atoms with van der Waals surface area (Å²) in [6.07, 6.45) is 1.92. The van der Waals surface area contributed by atoms with Crippen LogP contribution in [0.5, 0.6) is 0 Å². The predicted molar refractivity (Wildman–Crippen MR) is 105 cm³/mol. The molecule has 0 unspecified atom stereocenters. The molecule has 2 heterocycles. The summed E-state index contributed by atoms with van der Waals surface area (Å²) in [6, 6.07) is 11.0. The van der Waals surface area contributed by atoms with Crippen molar-refractivity contribution in [2.75, 3.05) is 6.54 Å². The number of hydrogen-bond donors (Lipinski definition) is 2. The van der Waals surface area contributed by atoms with Crippen LogP contribution in [-0.2, 0) is 5.60 Å².